The average Bonchev–Trinajstić information content (AvgIpc) is 3.03. The van der Waals surface area contributed by atoms with Gasteiger partial charge in [-0.15, -0.1) is 0 Å². The zero-order valence-electron chi connectivity index (χ0n) is 13.5. The summed E-state index contributed by atoms with van der Waals surface area (Å²) in [4.78, 5) is 23.6. The first kappa shape index (κ1) is 18.7. The van der Waals surface area contributed by atoms with Crippen LogP contribution in [0.5, 0.6) is 0 Å². The molecule has 0 saturated heterocycles. The van der Waals surface area contributed by atoms with Gasteiger partial charge in [0.25, 0.3) is 0 Å². The van der Waals surface area contributed by atoms with Crippen LogP contribution in [0, 0.1) is 0 Å². The molecular weight excluding hydrogens is 352 g/mol. The Morgan fingerprint density at radius 2 is 1.62 bits per heavy atom. The lowest BCUT2D eigenvalue weighted by atomic mass is 10.1. The van der Waals surface area contributed by atoms with E-state index in [1.165, 1.54) is 31.2 Å². The number of hydrogen-bond donors (Lipinski definition) is 2. The fourth-order valence-corrected chi connectivity index (χ4v) is 5.19. The van der Waals surface area contributed by atoms with Gasteiger partial charge in [-0.3, -0.25) is 9.59 Å². The van der Waals surface area contributed by atoms with Gasteiger partial charge in [0.15, 0.2) is 14.6 Å². The molecule has 1 aliphatic rings. The fourth-order valence-electron chi connectivity index (χ4n) is 2.98. The maximum Gasteiger partial charge on any atom is 0.241 e. The Morgan fingerprint density at radius 1 is 1.08 bits per heavy atom. The Hall–Kier alpha value is -1.60. The second-order valence-electron chi connectivity index (χ2n) is 5.90. The van der Waals surface area contributed by atoms with Crippen molar-refractivity contribution in [2.75, 3.05) is 13.1 Å². The molecule has 0 radical (unpaired) electrons. The van der Waals surface area contributed by atoms with Crippen molar-refractivity contribution < 1.29 is 18.0 Å². The molecule has 0 heterocycles. The van der Waals surface area contributed by atoms with Crippen molar-refractivity contribution in [2.45, 2.75) is 42.2 Å². The molecule has 0 aromatic heterocycles. The van der Waals surface area contributed by atoms with Crippen molar-refractivity contribution in [3.05, 3.63) is 29.3 Å². The molecule has 1 aromatic carbocycles. The van der Waals surface area contributed by atoms with E-state index in [1.54, 1.807) is 0 Å². The summed E-state index contributed by atoms with van der Waals surface area (Å²) in [5.74, 6) is -0.700. The summed E-state index contributed by atoms with van der Waals surface area (Å²) >= 11 is 5.82. The highest BCUT2D eigenvalue weighted by atomic mass is 35.5. The smallest absolute Gasteiger partial charge is 0.241 e. The summed E-state index contributed by atoms with van der Waals surface area (Å²) in [6, 6.07) is 5.88. The highest BCUT2D eigenvalue weighted by Crippen LogP contribution is 2.40. The number of carbonyl (C=O) groups excluding carboxylic acids is 2. The van der Waals surface area contributed by atoms with E-state index < -0.39 is 20.5 Å². The predicted octanol–water partition coefficient (Wildman–Crippen LogP) is 1.68. The topological polar surface area (TPSA) is 92.3 Å². The van der Waals surface area contributed by atoms with Gasteiger partial charge in [-0.25, -0.2) is 8.42 Å². The number of nitrogens with one attached hydrogen (secondary N) is 2. The summed E-state index contributed by atoms with van der Waals surface area (Å²) in [7, 11) is -3.83. The SMILES string of the molecule is CC(=O)NCCNC(=O)C1(S(=O)(=O)c2ccc(Cl)cc2)CCCC1. The van der Waals surface area contributed by atoms with Gasteiger partial charge in [0.1, 0.15) is 0 Å². The van der Waals surface area contributed by atoms with Crippen molar-refractivity contribution in [3.8, 4) is 0 Å². The summed E-state index contributed by atoms with van der Waals surface area (Å²) < 4.78 is 24.7. The number of rotatable bonds is 6. The molecule has 2 N–H and O–H groups in total. The molecule has 132 valence electrons. The van der Waals surface area contributed by atoms with Gasteiger partial charge in [-0.2, -0.15) is 0 Å². The van der Waals surface area contributed by atoms with E-state index in [0.29, 0.717) is 30.7 Å². The molecule has 1 aromatic rings. The minimum absolute atomic E-state index is 0.103. The van der Waals surface area contributed by atoms with Gasteiger partial charge in [0, 0.05) is 25.0 Å². The van der Waals surface area contributed by atoms with Gasteiger partial charge in [0.05, 0.1) is 4.90 Å². The third-order valence-electron chi connectivity index (χ3n) is 4.25. The van der Waals surface area contributed by atoms with Crippen LogP contribution in [0.3, 0.4) is 0 Å². The molecule has 2 amide bonds. The van der Waals surface area contributed by atoms with Gasteiger partial charge in [0.2, 0.25) is 11.8 Å². The minimum Gasteiger partial charge on any atom is -0.355 e. The van der Waals surface area contributed by atoms with E-state index in [0.717, 1.165) is 0 Å². The van der Waals surface area contributed by atoms with Crippen LogP contribution in [-0.4, -0.2) is 38.1 Å². The van der Waals surface area contributed by atoms with Crippen molar-refractivity contribution in [2.24, 2.45) is 0 Å². The Balaban J connectivity index is 2.21. The molecule has 8 heteroatoms. The first-order valence-corrected chi connectivity index (χ1v) is 9.69. The van der Waals surface area contributed by atoms with Crippen molar-refractivity contribution in [1.29, 1.82) is 0 Å². The second kappa shape index (κ2) is 7.53. The Labute approximate surface area is 146 Å². The monoisotopic (exact) mass is 372 g/mol. The molecule has 1 saturated carbocycles. The van der Waals surface area contributed by atoms with E-state index >= 15 is 0 Å². The normalized spacial score (nSPS) is 16.6. The molecule has 0 aliphatic heterocycles. The molecule has 24 heavy (non-hydrogen) atoms. The lowest BCUT2D eigenvalue weighted by molar-refractivity contribution is -0.124. The number of hydrogen-bond acceptors (Lipinski definition) is 4. The van der Waals surface area contributed by atoms with Gasteiger partial charge in [-0.05, 0) is 37.1 Å². The average molecular weight is 373 g/mol. The second-order valence-corrected chi connectivity index (χ2v) is 8.59. The molecule has 2 rings (SSSR count). The van der Waals surface area contributed by atoms with E-state index in [9.17, 15) is 18.0 Å². The molecule has 0 bridgehead atoms. The van der Waals surface area contributed by atoms with Crippen LogP contribution in [-0.2, 0) is 19.4 Å². The van der Waals surface area contributed by atoms with Crippen LogP contribution < -0.4 is 10.6 Å². The Bertz CT molecular complexity index is 710. The van der Waals surface area contributed by atoms with E-state index in [2.05, 4.69) is 10.6 Å². The van der Waals surface area contributed by atoms with E-state index in [1.807, 2.05) is 0 Å². The van der Waals surface area contributed by atoms with Crippen LogP contribution in [0.4, 0.5) is 0 Å². The number of amides is 2. The molecule has 0 unspecified atom stereocenters. The predicted molar refractivity (Wildman–Crippen MR) is 91.5 cm³/mol. The largest absolute Gasteiger partial charge is 0.355 e. The molecule has 0 spiro atoms. The lowest BCUT2D eigenvalue weighted by Crippen LogP contribution is -2.51. The standard InChI is InChI=1S/C16H21ClN2O4S/c1-12(20)18-10-11-19-15(21)16(8-2-3-9-16)24(22,23)14-6-4-13(17)5-7-14/h4-7H,2-3,8-11H2,1H3,(H,18,20)(H,19,21). The number of benzene rings is 1. The van der Waals surface area contributed by atoms with Crippen LogP contribution in [0.2, 0.25) is 5.02 Å². The molecule has 6 nitrogen and oxygen atoms in total. The van der Waals surface area contributed by atoms with Crippen LogP contribution >= 0.6 is 11.6 Å². The lowest BCUT2D eigenvalue weighted by Gasteiger charge is -2.27. The summed E-state index contributed by atoms with van der Waals surface area (Å²) in [6.45, 7) is 1.83. The number of halogens is 1. The number of carbonyl (C=O) groups is 2. The van der Waals surface area contributed by atoms with Gasteiger partial charge >= 0.3 is 0 Å². The van der Waals surface area contributed by atoms with Crippen LogP contribution in [0.1, 0.15) is 32.6 Å². The Kier molecular flexibility index (Phi) is 5.87. The van der Waals surface area contributed by atoms with Gasteiger partial charge in [-0.1, -0.05) is 24.4 Å². The first-order valence-electron chi connectivity index (χ1n) is 7.82. The Morgan fingerprint density at radius 3 is 2.17 bits per heavy atom. The zero-order chi connectivity index (χ0) is 17.8. The fraction of sp³-hybridized carbons (Fsp3) is 0.500. The van der Waals surface area contributed by atoms with Crippen molar-refractivity contribution in [1.82, 2.24) is 10.6 Å². The maximum absolute atomic E-state index is 13.1. The van der Waals surface area contributed by atoms with Gasteiger partial charge < -0.3 is 10.6 Å². The molecule has 1 aliphatic carbocycles. The zero-order valence-corrected chi connectivity index (χ0v) is 15.0. The van der Waals surface area contributed by atoms with Crippen LogP contribution in [0.15, 0.2) is 29.2 Å². The highest BCUT2D eigenvalue weighted by Gasteiger charge is 2.52. The number of sulfone groups is 1. The molecule has 1 fully saturated rings. The molecule has 0 atom stereocenters. The summed E-state index contributed by atoms with van der Waals surface area (Å²) in [5, 5.41) is 5.65. The first-order chi connectivity index (χ1) is 11.3. The van der Waals surface area contributed by atoms with E-state index in [-0.39, 0.29) is 23.9 Å². The third kappa shape index (κ3) is 3.72. The maximum atomic E-state index is 13.1. The third-order valence-corrected chi connectivity index (χ3v) is 7.02. The highest BCUT2D eigenvalue weighted by molar-refractivity contribution is 7.93. The van der Waals surface area contributed by atoms with Crippen LogP contribution in [0.25, 0.3) is 0 Å². The summed E-state index contributed by atoms with van der Waals surface area (Å²) in [5.41, 5.74) is 0. The molecular formula is C16H21ClN2O4S. The van der Waals surface area contributed by atoms with E-state index in [4.69, 9.17) is 11.6 Å². The quantitative estimate of drug-likeness (QED) is 0.743. The minimum atomic E-state index is -3.83. The van der Waals surface area contributed by atoms with Crippen molar-refractivity contribution >= 4 is 33.3 Å². The summed E-state index contributed by atoms with van der Waals surface area (Å²) in [6.07, 6.45) is 1.96. The van der Waals surface area contributed by atoms with Crippen molar-refractivity contribution in [3.63, 3.8) is 0 Å².